The maximum Gasteiger partial charge on any atom is 0.416 e. The van der Waals surface area contributed by atoms with E-state index in [1.54, 1.807) is 0 Å². The second kappa shape index (κ2) is 17.6. The maximum absolute atomic E-state index is 13.3. The predicted molar refractivity (Wildman–Crippen MR) is 210 cm³/mol. The van der Waals surface area contributed by atoms with Crippen LogP contribution in [0.15, 0.2) is 157 Å². The molecule has 0 radical (unpaired) electrons. The minimum absolute atomic E-state index is 0.0114. The molecule has 0 heterocycles. The van der Waals surface area contributed by atoms with Gasteiger partial charge in [-0.05, 0) is 31.2 Å². The zero-order valence-corrected chi connectivity index (χ0v) is 32.5. The summed E-state index contributed by atoms with van der Waals surface area (Å²) in [5.74, 6) is 1.41. The van der Waals surface area contributed by atoms with Crippen molar-refractivity contribution in [1.82, 2.24) is 0 Å². The van der Waals surface area contributed by atoms with Crippen LogP contribution < -0.4 is 26.6 Å². The zero-order valence-electron chi connectivity index (χ0n) is 31.7. The number of halogens is 12. The average molecular weight is 867 g/mol. The zero-order chi connectivity index (χ0) is 44.1. The lowest BCUT2D eigenvalue weighted by atomic mass is 9.13. The normalized spacial score (nSPS) is 13.5. The van der Waals surface area contributed by atoms with Crippen LogP contribution >= 0.6 is 0 Å². The Balaban J connectivity index is 0.000000299. The number of rotatable bonds is 9. The van der Waals surface area contributed by atoms with Crippen molar-refractivity contribution in [2.45, 2.75) is 42.3 Å². The van der Waals surface area contributed by atoms with E-state index in [-0.39, 0.29) is 21.9 Å². The summed E-state index contributed by atoms with van der Waals surface area (Å²) in [6.07, 6.45) is -20.2. The highest BCUT2D eigenvalue weighted by Gasteiger charge is 2.38. The van der Waals surface area contributed by atoms with Gasteiger partial charge in [-0.3, -0.25) is 0 Å². The van der Waals surface area contributed by atoms with Crippen LogP contribution in [0.25, 0.3) is 0 Å². The molecule has 1 atom stereocenters. The molecule has 0 amide bonds. The molecule has 1 unspecified atom stereocenters. The molecule has 0 N–H and O–H groups in total. The molecule has 0 saturated carbocycles. The Morgan fingerprint density at radius 2 is 0.750 bits per heavy atom. The highest BCUT2D eigenvalue weighted by Crippen LogP contribution is 2.33. The van der Waals surface area contributed by atoms with Gasteiger partial charge in [-0.15, -0.1) is 0 Å². The summed E-state index contributed by atoms with van der Waals surface area (Å²) in [5, 5.41) is 0. The molecule has 16 heteroatoms. The van der Waals surface area contributed by atoms with Gasteiger partial charge in [-0.2, -0.15) is 74.5 Å². The summed E-state index contributed by atoms with van der Waals surface area (Å²) in [5.41, 5.74) is -3.23. The Morgan fingerprint density at radius 3 is 1.02 bits per heavy atom. The molecular weight excluding hydrogens is 831 g/mol. The number of alkyl halides is 12. The minimum Gasteiger partial charge on any atom is -0.494 e. The van der Waals surface area contributed by atoms with Gasteiger partial charge in [0.25, 0.3) is 0 Å². The molecule has 6 aromatic carbocycles. The van der Waals surface area contributed by atoms with Crippen LogP contribution in [0.4, 0.5) is 52.7 Å². The standard InChI is InChI=1S/C28H16BF12.C16H19O2S/c30-25(31,32)17-1-9-21(10-2-17)29(22-11-3-18(4-12-22)26(33,34)35,23-13-5-19(6-14-23)27(36,37)38)24-15-7-20(8-16-24)28(39,40)41;1-3-18-15-11-9-14(10-12-15)13-19(2,17)16-7-5-4-6-8-16/h1-16H;4-12H,3,13H2,1-2H3/q-1;+1. The van der Waals surface area contributed by atoms with Gasteiger partial charge in [0.1, 0.15) is 33.8 Å². The second-order valence-corrected chi connectivity index (χ2v) is 16.7. The third-order valence-electron chi connectivity index (χ3n) is 9.87. The highest BCUT2D eigenvalue weighted by atomic mass is 32.2. The molecule has 0 fully saturated rings. The second-order valence-electron chi connectivity index (χ2n) is 13.9. The summed E-state index contributed by atoms with van der Waals surface area (Å²) in [6.45, 7) is 2.62. The lowest BCUT2D eigenvalue weighted by Crippen LogP contribution is -2.74. The number of ether oxygens (including phenoxy) is 1. The fourth-order valence-electron chi connectivity index (χ4n) is 6.96. The number of hydrogen-bond donors (Lipinski definition) is 0. The van der Waals surface area contributed by atoms with E-state index < -0.39 is 63.0 Å². The molecule has 6 aromatic rings. The summed E-state index contributed by atoms with van der Waals surface area (Å²) in [4.78, 5) is 0.906. The number of benzene rings is 6. The molecule has 316 valence electrons. The van der Waals surface area contributed by atoms with E-state index in [0.717, 1.165) is 64.7 Å². The van der Waals surface area contributed by atoms with E-state index in [4.69, 9.17) is 4.74 Å². The van der Waals surface area contributed by atoms with Gasteiger partial charge >= 0.3 is 24.7 Å². The van der Waals surface area contributed by atoms with Crippen LogP contribution in [0.3, 0.4) is 0 Å². The van der Waals surface area contributed by atoms with Crippen LogP contribution in [0.2, 0.25) is 0 Å². The van der Waals surface area contributed by atoms with Gasteiger partial charge in [0, 0.05) is 5.56 Å². The Bertz CT molecular complexity index is 2120. The summed E-state index contributed by atoms with van der Waals surface area (Å²) in [6, 6.07) is 31.0. The van der Waals surface area contributed by atoms with E-state index in [1.165, 1.54) is 0 Å². The van der Waals surface area contributed by atoms with Gasteiger partial charge < -0.3 is 4.74 Å². The van der Waals surface area contributed by atoms with Crippen LogP contribution in [-0.2, 0) is 44.6 Å². The first kappa shape index (κ1) is 45.6. The Labute approximate surface area is 339 Å². The van der Waals surface area contributed by atoms with Crippen molar-refractivity contribution in [2.75, 3.05) is 12.9 Å². The van der Waals surface area contributed by atoms with Crippen molar-refractivity contribution in [2.24, 2.45) is 0 Å². The molecule has 6 rings (SSSR count). The van der Waals surface area contributed by atoms with Crippen LogP contribution in [0.5, 0.6) is 5.75 Å². The van der Waals surface area contributed by atoms with Crippen molar-refractivity contribution < 1.29 is 61.6 Å². The van der Waals surface area contributed by atoms with Crippen molar-refractivity contribution in [3.63, 3.8) is 0 Å². The monoisotopic (exact) mass is 866 g/mol. The molecule has 2 nitrogen and oxygen atoms in total. The van der Waals surface area contributed by atoms with Gasteiger partial charge in [0.15, 0.2) is 4.90 Å². The molecule has 0 aliphatic heterocycles. The van der Waals surface area contributed by atoms with E-state index in [1.807, 2.05) is 67.8 Å². The molecule has 0 aliphatic carbocycles. The maximum atomic E-state index is 13.3. The van der Waals surface area contributed by atoms with Gasteiger partial charge in [-0.25, -0.2) is 0 Å². The van der Waals surface area contributed by atoms with E-state index in [0.29, 0.717) is 60.9 Å². The quantitative estimate of drug-likeness (QED) is 0.0822. The molecule has 0 bridgehead atoms. The largest absolute Gasteiger partial charge is 0.494 e. The van der Waals surface area contributed by atoms with E-state index >= 15 is 0 Å². The third-order valence-corrected chi connectivity index (χ3v) is 12.0. The van der Waals surface area contributed by atoms with E-state index in [2.05, 4.69) is 0 Å². The molecule has 60 heavy (non-hydrogen) atoms. The molecular formula is C44H35BF12O2S. The van der Waals surface area contributed by atoms with Crippen LogP contribution in [0, 0.1) is 0 Å². The summed E-state index contributed by atoms with van der Waals surface area (Å²) < 4.78 is 178. The van der Waals surface area contributed by atoms with Gasteiger partial charge in [-0.1, -0.05) is 132 Å². The SMILES string of the molecule is CCOc1ccc(C[S+](C)(=O)c2ccccc2)cc1.FC(F)(F)c1ccc([B-](c2ccc(C(F)(F)F)cc2)(c2ccc(C(F)(F)F)cc2)c2ccc(C(F)(F)F)cc2)cc1. The lowest BCUT2D eigenvalue weighted by Gasteiger charge is -2.44. The molecule has 0 spiro atoms. The molecule has 0 aliphatic rings. The average Bonchev–Trinajstić information content (AvgIpc) is 3.19. The number of hydrogen-bond acceptors (Lipinski definition) is 2. The Hall–Kier alpha value is -5.51. The first-order valence-electron chi connectivity index (χ1n) is 18.1. The highest BCUT2D eigenvalue weighted by molar-refractivity contribution is 8.01. The lowest BCUT2D eigenvalue weighted by molar-refractivity contribution is -0.138. The topological polar surface area (TPSA) is 26.3 Å². The molecule has 0 aromatic heterocycles. The van der Waals surface area contributed by atoms with Crippen molar-refractivity contribution in [3.05, 3.63) is 179 Å². The van der Waals surface area contributed by atoms with Crippen molar-refractivity contribution in [3.8, 4) is 5.75 Å². The van der Waals surface area contributed by atoms with Crippen LogP contribution in [0.1, 0.15) is 34.7 Å². The van der Waals surface area contributed by atoms with Crippen molar-refractivity contribution >= 4 is 37.9 Å². The fourth-order valence-corrected chi connectivity index (χ4v) is 8.68. The van der Waals surface area contributed by atoms with E-state index in [9.17, 15) is 56.9 Å². The fraction of sp³-hybridized carbons (Fsp3) is 0.182. The van der Waals surface area contributed by atoms with Crippen LogP contribution in [-0.4, -0.2) is 19.0 Å². The first-order chi connectivity index (χ1) is 28.0. The first-order valence-corrected chi connectivity index (χ1v) is 20.2. The smallest absolute Gasteiger partial charge is 0.416 e. The summed E-state index contributed by atoms with van der Waals surface area (Å²) >= 11 is 0. The van der Waals surface area contributed by atoms with Crippen molar-refractivity contribution in [1.29, 1.82) is 0 Å². The summed E-state index contributed by atoms with van der Waals surface area (Å²) in [7, 11) is -2.03. The Morgan fingerprint density at radius 1 is 0.450 bits per heavy atom. The van der Waals surface area contributed by atoms with Gasteiger partial charge in [0.05, 0.1) is 28.9 Å². The third kappa shape index (κ3) is 10.6. The minimum atomic E-state index is -4.77. The Kier molecular flexibility index (Phi) is 13.4. The molecule has 0 saturated heterocycles. The predicted octanol–water partition coefficient (Wildman–Crippen LogP) is 10.9. The van der Waals surface area contributed by atoms with Gasteiger partial charge in [0.2, 0.25) is 0 Å².